The largest absolute Gasteiger partial charge is 0.377 e. The summed E-state index contributed by atoms with van der Waals surface area (Å²) in [6.07, 6.45) is 0. The maximum atomic E-state index is 2.60. The van der Waals surface area contributed by atoms with Crippen LogP contribution in [0.1, 0.15) is 22.3 Å². The molecule has 0 fully saturated rings. The number of hydrogen-bond acceptors (Lipinski definition) is 1. The summed E-state index contributed by atoms with van der Waals surface area (Å²) < 4.78 is 0. The van der Waals surface area contributed by atoms with E-state index in [2.05, 4.69) is 115 Å². The number of para-hydroxylation sites is 1. The second-order valence-electron chi connectivity index (χ2n) is 10.0. The van der Waals surface area contributed by atoms with Crippen molar-refractivity contribution in [3.05, 3.63) is 64.7 Å². The molecule has 0 saturated carbocycles. The van der Waals surface area contributed by atoms with E-state index < -0.39 is 22.6 Å². The van der Waals surface area contributed by atoms with Crippen LogP contribution in [-0.2, 0) is 0 Å². The molecule has 0 aliphatic heterocycles. The van der Waals surface area contributed by atoms with Crippen LogP contribution in [0.4, 0.5) is 5.69 Å². The molecular weight excluding hydrogens is 375 g/mol. The van der Waals surface area contributed by atoms with Gasteiger partial charge in [-0.1, -0.05) is 86.8 Å². The molecule has 2 aromatic carbocycles. The first-order valence-electron chi connectivity index (χ1n) is 9.93. The molecule has 2 aromatic rings. The first-order chi connectivity index (χ1) is 12.3. The van der Waals surface area contributed by atoms with Crippen LogP contribution < -0.4 is 4.90 Å². The Hall–Kier alpha value is -1.24. The van der Waals surface area contributed by atoms with Gasteiger partial charge in [-0.15, -0.1) is 0 Å². The van der Waals surface area contributed by atoms with E-state index in [0.29, 0.717) is 0 Å². The fourth-order valence-corrected chi connectivity index (χ4v) is 42.3. The van der Waals surface area contributed by atoms with Crippen molar-refractivity contribution in [2.75, 3.05) is 19.0 Å². The Bertz CT molecular complexity index is 816. The van der Waals surface area contributed by atoms with E-state index in [1.807, 2.05) is 0 Å². The van der Waals surface area contributed by atoms with Crippen molar-refractivity contribution in [1.29, 1.82) is 0 Å². The van der Waals surface area contributed by atoms with Crippen molar-refractivity contribution >= 4 is 33.5 Å². The highest BCUT2D eigenvalue weighted by atomic mass is 29.6. The molecule has 0 aliphatic carbocycles. The fraction of sp³-hybridized carbons (Fsp3) is 0.435. The monoisotopic (exact) mass is 411 g/mol. The molecule has 4 heteroatoms. The second kappa shape index (κ2) is 8.02. The summed E-state index contributed by atoms with van der Waals surface area (Å²) in [5.74, 6) is 0. The van der Waals surface area contributed by atoms with E-state index in [0.717, 1.165) is 0 Å². The molecular formula is C23H37NSi3. The first-order valence-corrected chi connectivity index (χ1v) is 20.4. The summed E-state index contributed by atoms with van der Waals surface area (Å²) >= 11 is 0. The molecule has 146 valence electrons. The van der Waals surface area contributed by atoms with Gasteiger partial charge in [0.1, 0.15) is 0 Å². The van der Waals surface area contributed by atoms with Crippen LogP contribution in [-0.4, -0.2) is 41.9 Å². The van der Waals surface area contributed by atoms with E-state index in [-0.39, 0.29) is 0 Å². The minimum Gasteiger partial charge on any atom is -0.377 e. The van der Waals surface area contributed by atoms with Gasteiger partial charge in [-0.25, -0.2) is 0 Å². The van der Waals surface area contributed by atoms with Crippen LogP contribution in [0.15, 0.2) is 42.5 Å². The molecule has 27 heavy (non-hydrogen) atoms. The third-order valence-electron chi connectivity index (χ3n) is 4.92. The molecule has 0 N–H and O–H groups in total. The minimum absolute atomic E-state index is 0.639. The summed E-state index contributed by atoms with van der Waals surface area (Å²) in [5, 5.41) is 1.69. The highest BCUT2D eigenvalue weighted by Gasteiger charge is 2.36. The lowest BCUT2D eigenvalue weighted by atomic mass is 9.99. The van der Waals surface area contributed by atoms with Gasteiger partial charge in [-0.3, -0.25) is 0 Å². The van der Waals surface area contributed by atoms with Gasteiger partial charge in [0, 0.05) is 32.8 Å². The lowest BCUT2D eigenvalue weighted by Gasteiger charge is -2.35. The maximum absolute atomic E-state index is 2.60. The van der Waals surface area contributed by atoms with Gasteiger partial charge < -0.3 is 4.90 Å². The van der Waals surface area contributed by atoms with Crippen molar-refractivity contribution in [2.45, 2.75) is 53.1 Å². The molecule has 0 amide bonds. The molecule has 0 aromatic heterocycles. The lowest BCUT2D eigenvalue weighted by Crippen LogP contribution is -2.56. The number of nitrogens with zero attached hydrogens (tertiary/aromatic N) is 1. The standard InChI is InChI=1S/C23H37NSi3/c1-18-15-19(2)17-20(16-18)23(25(26(5,6)7)27(8,9)10)21-13-11-12-14-22(21)24(3)4/h11-17H,1-10H3. The third kappa shape index (κ3) is 5.18. The molecule has 0 atom stereocenters. The van der Waals surface area contributed by atoms with Crippen molar-refractivity contribution in [3.63, 3.8) is 0 Å². The number of benzene rings is 2. The summed E-state index contributed by atoms with van der Waals surface area (Å²) in [5.41, 5.74) is 7.03. The van der Waals surface area contributed by atoms with Crippen molar-refractivity contribution in [3.8, 4) is 0 Å². The van der Waals surface area contributed by atoms with Crippen molar-refractivity contribution in [1.82, 2.24) is 0 Å². The van der Waals surface area contributed by atoms with Gasteiger partial charge in [0.05, 0.1) is 15.2 Å². The minimum atomic E-state index is -1.34. The molecule has 0 spiro atoms. The van der Waals surface area contributed by atoms with E-state index >= 15 is 0 Å². The van der Waals surface area contributed by atoms with Crippen LogP contribution in [0.5, 0.6) is 0 Å². The molecule has 1 nitrogen and oxygen atoms in total. The van der Waals surface area contributed by atoms with Crippen LogP contribution >= 0.6 is 0 Å². The van der Waals surface area contributed by atoms with Gasteiger partial charge in [0.15, 0.2) is 0 Å². The second-order valence-corrected chi connectivity index (χ2v) is 33.8. The van der Waals surface area contributed by atoms with Crippen LogP contribution in [0.25, 0.3) is 0 Å². The van der Waals surface area contributed by atoms with Gasteiger partial charge in [-0.05, 0) is 30.6 Å². The summed E-state index contributed by atoms with van der Waals surface area (Å²) in [6, 6.07) is 16.2. The average Bonchev–Trinajstić information content (AvgIpc) is 2.49. The van der Waals surface area contributed by atoms with Crippen molar-refractivity contribution in [2.24, 2.45) is 0 Å². The van der Waals surface area contributed by atoms with E-state index in [9.17, 15) is 0 Å². The Morgan fingerprint density at radius 3 is 1.70 bits per heavy atom. The predicted molar refractivity (Wildman–Crippen MR) is 132 cm³/mol. The van der Waals surface area contributed by atoms with Crippen LogP contribution in [0.3, 0.4) is 0 Å². The summed E-state index contributed by atoms with van der Waals surface area (Å²) in [7, 11) is 1.04. The summed E-state index contributed by atoms with van der Waals surface area (Å²) in [4.78, 5) is 2.28. The smallest absolute Gasteiger partial charge is 0.0529 e. The quantitative estimate of drug-likeness (QED) is 0.558. The number of hydrogen-bond donors (Lipinski definition) is 0. The van der Waals surface area contributed by atoms with Crippen molar-refractivity contribution < 1.29 is 0 Å². The zero-order valence-corrected chi connectivity index (χ0v) is 22.0. The SMILES string of the molecule is Cc1cc(C)cc(C(c2ccccc2N(C)C)=[Si]([Si](C)(C)C)[Si](C)(C)C)c1. The number of aryl methyl sites for hydroxylation is 2. The molecule has 0 radical (unpaired) electrons. The zero-order valence-electron chi connectivity index (χ0n) is 19.0. The number of anilines is 1. The molecule has 0 saturated heterocycles. The molecule has 0 bridgehead atoms. The Morgan fingerprint density at radius 1 is 0.778 bits per heavy atom. The van der Waals surface area contributed by atoms with E-state index in [1.54, 1.807) is 5.17 Å². The Morgan fingerprint density at radius 2 is 1.26 bits per heavy atom. The highest BCUT2D eigenvalue weighted by Crippen LogP contribution is 2.27. The van der Waals surface area contributed by atoms with Crippen LogP contribution in [0.2, 0.25) is 39.3 Å². The van der Waals surface area contributed by atoms with Gasteiger partial charge >= 0.3 is 0 Å². The van der Waals surface area contributed by atoms with E-state index in [1.165, 1.54) is 27.9 Å². The van der Waals surface area contributed by atoms with Gasteiger partial charge in [0.2, 0.25) is 0 Å². The van der Waals surface area contributed by atoms with Crippen LogP contribution in [0, 0.1) is 13.8 Å². The molecule has 0 aliphatic rings. The first kappa shape index (κ1) is 22.1. The Labute approximate surface area is 170 Å². The number of rotatable bonds is 5. The topological polar surface area (TPSA) is 3.24 Å². The third-order valence-corrected chi connectivity index (χ3v) is 33.0. The molecule has 2 rings (SSSR count). The highest BCUT2D eigenvalue weighted by molar-refractivity contribution is 7.61. The molecule has 0 heterocycles. The lowest BCUT2D eigenvalue weighted by molar-refractivity contribution is 1.13. The molecule has 0 unspecified atom stereocenters. The maximum Gasteiger partial charge on any atom is 0.0529 e. The van der Waals surface area contributed by atoms with Gasteiger partial charge in [0.25, 0.3) is 0 Å². The van der Waals surface area contributed by atoms with E-state index in [4.69, 9.17) is 0 Å². The van der Waals surface area contributed by atoms with Gasteiger partial charge in [-0.2, -0.15) is 0 Å². The summed E-state index contributed by atoms with van der Waals surface area (Å²) in [6.45, 7) is 20.1. The normalized spacial score (nSPS) is 12.1. The fourth-order valence-electron chi connectivity index (χ4n) is 4.50. The Kier molecular flexibility index (Phi) is 6.55. The Balaban J connectivity index is 3.04. The predicted octanol–water partition coefficient (Wildman–Crippen LogP) is 5.85. The zero-order chi connectivity index (χ0) is 20.6. The average molecular weight is 412 g/mol.